The number of hydrogen-bond donors (Lipinski definition) is 1. The Morgan fingerprint density at radius 1 is 1.24 bits per heavy atom. The summed E-state index contributed by atoms with van der Waals surface area (Å²) in [6.07, 6.45) is 2.01. The molecule has 1 N–H and O–H groups in total. The van der Waals surface area contributed by atoms with Crippen LogP contribution in [0.3, 0.4) is 0 Å². The van der Waals surface area contributed by atoms with Gasteiger partial charge in [-0.3, -0.25) is 4.79 Å². The number of amides is 1. The van der Waals surface area contributed by atoms with Crippen LogP contribution in [-0.4, -0.2) is 30.2 Å². The molecule has 1 aromatic heterocycles. The van der Waals surface area contributed by atoms with Crippen LogP contribution in [0, 0.1) is 3.57 Å². The minimum atomic E-state index is -0.549. The number of anilines is 1. The zero-order valence-electron chi connectivity index (χ0n) is 15.9. The Morgan fingerprint density at radius 3 is 2.72 bits per heavy atom. The predicted molar refractivity (Wildman–Crippen MR) is 119 cm³/mol. The largest absolute Gasteiger partial charge is 0.462 e. The molecule has 1 amide bonds. The number of oxime groups is 1. The molecule has 0 saturated carbocycles. The third kappa shape index (κ3) is 5.02. The average Bonchev–Trinajstić information content (AvgIpc) is 3.04. The van der Waals surface area contributed by atoms with Gasteiger partial charge in [-0.1, -0.05) is 11.2 Å². The van der Waals surface area contributed by atoms with Crippen molar-refractivity contribution in [2.75, 3.05) is 11.9 Å². The van der Waals surface area contributed by atoms with Gasteiger partial charge in [0, 0.05) is 10.5 Å². The van der Waals surface area contributed by atoms with Gasteiger partial charge in [-0.2, -0.15) is 0 Å². The van der Waals surface area contributed by atoms with Crippen LogP contribution in [-0.2, 0) is 20.8 Å². The Kier molecular flexibility index (Phi) is 7.01. The van der Waals surface area contributed by atoms with E-state index in [0.717, 1.165) is 20.4 Å². The van der Waals surface area contributed by atoms with E-state index in [0.29, 0.717) is 34.7 Å². The lowest BCUT2D eigenvalue weighted by Crippen LogP contribution is -2.16. The van der Waals surface area contributed by atoms with Gasteiger partial charge in [-0.15, -0.1) is 11.3 Å². The van der Waals surface area contributed by atoms with E-state index in [1.54, 1.807) is 25.1 Å². The summed E-state index contributed by atoms with van der Waals surface area (Å²) in [4.78, 5) is 42.3. The number of fused-ring (bicyclic) bond motifs is 1. The smallest absolute Gasteiger partial charge is 0.365 e. The van der Waals surface area contributed by atoms with E-state index in [-0.39, 0.29) is 12.5 Å². The maximum absolute atomic E-state index is 12.5. The highest BCUT2D eigenvalue weighted by atomic mass is 127. The monoisotopic (exact) mass is 526 g/mol. The average molecular weight is 526 g/mol. The van der Waals surface area contributed by atoms with Crippen LogP contribution >= 0.6 is 33.9 Å². The number of carbonyl (C=O) groups excluding carboxylic acids is 3. The van der Waals surface area contributed by atoms with Crippen molar-refractivity contribution in [3.05, 3.63) is 49.4 Å². The molecule has 2 aromatic rings. The summed E-state index contributed by atoms with van der Waals surface area (Å²) in [5, 5.41) is 7.21. The zero-order chi connectivity index (χ0) is 21.0. The Morgan fingerprint density at radius 2 is 2.03 bits per heavy atom. The molecule has 29 heavy (non-hydrogen) atoms. The lowest BCUT2D eigenvalue weighted by atomic mass is 9.94. The first-order valence-corrected chi connectivity index (χ1v) is 10.9. The summed E-state index contributed by atoms with van der Waals surface area (Å²) < 4.78 is 6.09. The number of esters is 1. The molecule has 0 spiro atoms. The number of rotatable bonds is 5. The van der Waals surface area contributed by atoms with Crippen LogP contribution in [0.25, 0.3) is 0 Å². The highest BCUT2D eigenvalue weighted by Crippen LogP contribution is 2.39. The minimum Gasteiger partial charge on any atom is -0.462 e. The molecule has 0 aliphatic heterocycles. The fourth-order valence-corrected chi connectivity index (χ4v) is 4.84. The Balaban J connectivity index is 1.93. The van der Waals surface area contributed by atoms with Gasteiger partial charge >= 0.3 is 11.9 Å². The topological polar surface area (TPSA) is 94.1 Å². The summed E-state index contributed by atoms with van der Waals surface area (Å²) in [5.74, 6) is -1.31. The van der Waals surface area contributed by atoms with Crippen molar-refractivity contribution in [2.45, 2.75) is 33.1 Å². The minimum absolute atomic E-state index is 0.234. The number of thiophene rings is 1. The second-order valence-corrected chi connectivity index (χ2v) is 8.56. The maximum Gasteiger partial charge on any atom is 0.365 e. The van der Waals surface area contributed by atoms with Crippen LogP contribution in [0.5, 0.6) is 0 Å². The van der Waals surface area contributed by atoms with Gasteiger partial charge in [0.25, 0.3) is 0 Å². The summed E-state index contributed by atoms with van der Waals surface area (Å²) in [6.45, 7) is 3.34. The standard InChI is InChI=1S/C20H19IN2O5S/c1-3-27-20(26)16-14-8-5-9-15(17(14)29-18(16)22-11(2)24)23-28-19(25)12-6-4-7-13(21)10-12/h4,6-7,10H,3,5,8-9H2,1-2H3,(H,22,24)/b23-15+. The molecule has 0 unspecified atom stereocenters. The lowest BCUT2D eigenvalue weighted by molar-refractivity contribution is -0.114. The number of benzene rings is 1. The van der Waals surface area contributed by atoms with E-state index in [2.05, 4.69) is 33.1 Å². The normalized spacial score (nSPS) is 14.2. The molecule has 0 fully saturated rings. The van der Waals surface area contributed by atoms with Crippen LogP contribution < -0.4 is 5.32 Å². The highest BCUT2D eigenvalue weighted by Gasteiger charge is 2.30. The van der Waals surface area contributed by atoms with Crippen LogP contribution in [0.1, 0.15) is 57.8 Å². The molecular formula is C20H19IN2O5S. The van der Waals surface area contributed by atoms with E-state index in [4.69, 9.17) is 9.57 Å². The van der Waals surface area contributed by atoms with E-state index >= 15 is 0 Å². The third-order valence-electron chi connectivity index (χ3n) is 4.18. The first-order chi connectivity index (χ1) is 13.9. The van der Waals surface area contributed by atoms with Crippen molar-refractivity contribution in [1.82, 2.24) is 0 Å². The first-order valence-electron chi connectivity index (χ1n) is 9.05. The summed E-state index contributed by atoms with van der Waals surface area (Å²) >= 11 is 3.37. The number of halogens is 1. The molecule has 1 heterocycles. The highest BCUT2D eigenvalue weighted by molar-refractivity contribution is 14.1. The maximum atomic E-state index is 12.5. The molecule has 0 bridgehead atoms. The Bertz CT molecular complexity index is 999. The zero-order valence-corrected chi connectivity index (χ0v) is 18.9. The van der Waals surface area contributed by atoms with Crippen molar-refractivity contribution in [1.29, 1.82) is 0 Å². The molecule has 0 saturated heterocycles. The molecule has 0 radical (unpaired) electrons. The molecule has 7 nitrogen and oxygen atoms in total. The Hall–Kier alpha value is -2.27. The molecule has 152 valence electrons. The molecule has 1 aromatic carbocycles. The van der Waals surface area contributed by atoms with Crippen molar-refractivity contribution < 1.29 is 24.0 Å². The number of hydrogen-bond acceptors (Lipinski definition) is 7. The molecule has 9 heteroatoms. The molecule has 3 rings (SSSR count). The summed E-state index contributed by atoms with van der Waals surface area (Å²) in [7, 11) is 0. The fraction of sp³-hybridized carbons (Fsp3) is 0.300. The second kappa shape index (κ2) is 9.49. The van der Waals surface area contributed by atoms with Crippen molar-refractivity contribution in [3.8, 4) is 0 Å². The van der Waals surface area contributed by atoms with Crippen molar-refractivity contribution in [2.24, 2.45) is 5.16 Å². The summed E-state index contributed by atoms with van der Waals surface area (Å²) in [6, 6.07) is 7.03. The van der Waals surface area contributed by atoms with Gasteiger partial charge in [0.15, 0.2) is 0 Å². The van der Waals surface area contributed by atoms with E-state index in [1.807, 2.05) is 6.07 Å². The number of ether oxygens (including phenoxy) is 1. The van der Waals surface area contributed by atoms with Gasteiger partial charge in [0.2, 0.25) is 5.91 Å². The van der Waals surface area contributed by atoms with Crippen LogP contribution in [0.15, 0.2) is 29.4 Å². The SMILES string of the molecule is CCOC(=O)c1c(NC(C)=O)sc2c1CCC/C2=N\OC(=O)c1cccc(I)c1. The van der Waals surface area contributed by atoms with Crippen LogP contribution in [0.4, 0.5) is 5.00 Å². The van der Waals surface area contributed by atoms with E-state index in [1.165, 1.54) is 18.3 Å². The lowest BCUT2D eigenvalue weighted by Gasteiger charge is -2.14. The van der Waals surface area contributed by atoms with E-state index in [9.17, 15) is 14.4 Å². The molecule has 1 aliphatic rings. The van der Waals surface area contributed by atoms with Crippen molar-refractivity contribution >= 4 is 62.5 Å². The summed E-state index contributed by atoms with van der Waals surface area (Å²) in [5.41, 5.74) is 2.12. The molecule has 0 atom stereocenters. The van der Waals surface area contributed by atoms with Gasteiger partial charge in [-0.25, -0.2) is 9.59 Å². The van der Waals surface area contributed by atoms with Gasteiger partial charge < -0.3 is 14.9 Å². The van der Waals surface area contributed by atoms with Gasteiger partial charge in [0.1, 0.15) is 5.00 Å². The van der Waals surface area contributed by atoms with Gasteiger partial charge in [-0.05, 0) is 72.5 Å². The number of nitrogens with one attached hydrogen (secondary N) is 1. The van der Waals surface area contributed by atoms with Crippen molar-refractivity contribution in [3.63, 3.8) is 0 Å². The first kappa shape index (κ1) is 21.4. The predicted octanol–water partition coefficient (Wildman–Crippen LogP) is 4.39. The Labute approximate surface area is 185 Å². The fourth-order valence-electron chi connectivity index (χ4n) is 3.00. The van der Waals surface area contributed by atoms with Gasteiger partial charge in [0.05, 0.1) is 28.3 Å². The quantitative estimate of drug-likeness (QED) is 0.270. The van der Waals surface area contributed by atoms with Crippen LogP contribution in [0.2, 0.25) is 0 Å². The van der Waals surface area contributed by atoms with E-state index < -0.39 is 11.9 Å². The second-order valence-electron chi connectivity index (χ2n) is 6.30. The number of carbonyl (C=O) groups is 3. The molecular weight excluding hydrogens is 507 g/mol. The molecule has 1 aliphatic carbocycles. The third-order valence-corrected chi connectivity index (χ3v) is 6.05. The number of nitrogens with zero attached hydrogens (tertiary/aromatic N) is 1.